The highest BCUT2D eigenvalue weighted by atomic mass is 35.5. The third-order valence-electron chi connectivity index (χ3n) is 4.84. The number of aromatic nitrogens is 1. The molecular weight excluding hydrogens is 442 g/mol. The van der Waals surface area contributed by atoms with Gasteiger partial charge in [0.15, 0.2) is 5.79 Å². The maximum atomic E-state index is 13.5. The molecule has 0 saturated carbocycles. The topological polar surface area (TPSA) is 79.2 Å². The van der Waals surface area contributed by atoms with Crippen molar-refractivity contribution < 1.29 is 13.9 Å². The molecule has 0 radical (unpaired) electrons. The first-order chi connectivity index (χ1) is 14.8. The van der Waals surface area contributed by atoms with Crippen LogP contribution in [0, 0.1) is 17.1 Å². The molecule has 1 aromatic heterocycles. The van der Waals surface area contributed by atoms with E-state index in [1.54, 1.807) is 6.07 Å². The Morgan fingerprint density at radius 1 is 1.23 bits per heavy atom. The van der Waals surface area contributed by atoms with E-state index in [0.717, 1.165) is 5.69 Å². The van der Waals surface area contributed by atoms with Gasteiger partial charge in [0.2, 0.25) is 0 Å². The highest BCUT2D eigenvalue weighted by molar-refractivity contribution is 6.36. The van der Waals surface area contributed by atoms with E-state index in [2.05, 4.69) is 21.7 Å². The van der Waals surface area contributed by atoms with Crippen LogP contribution in [0.4, 0.5) is 21.5 Å². The number of benzene rings is 2. The largest absolute Gasteiger partial charge is 0.382 e. The molecule has 0 unspecified atom stereocenters. The zero-order chi connectivity index (χ0) is 22.2. The standard InChI is InChI=1S/C22H19Cl2FN4O2/c1-22(2)30-11-15(31-22)10-27-14-5-16-20(29-13-3-4-19(25)17(23)6-13)12(8-26)9-28-21(16)18(24)7-14/h3-7,9,15,27H,10-11H2,1-2H3,(H,28,29)/t15-/m0/s1. The lowest BCUT2D eigenvalue weighted by Crippen LogP contribution is -2.26. The van der Waals surface area contributed by atoms with Crippen LogP contribution in [0.2, 0.25) is 10.0 Å². The number of anilines is 3. The van der Waals surface area contributed by atoms with E-state index in [1.807, 2.05) is 19.9 Å². The molecule has 31 heavy (non-hydrogen) atoms. The first-order valence-electron chi connectivity index (χ1n) is 9.56. The number of hydrogen-bond acceptors (Lipinski definition) is 6. The maximum Gasteiger partial charge on any atom is 0.163 e. The van der Waals surface area contributed by atoms with Crippen LogP contribution in [0.25, 0.3) is 10.9 Å². The van der Waals surface area contributed by atoms with Crippen molar-refractivity contribution in [1.29, 1.82) is 5.26 Å². The van der Waals surface area contributed by atoms with Crippen LogP contribution in [-0.2, 0) is 9.47 Å². The molecule has 0 amide bonds. The zero-order valence-electron chi connectivity index (χ0n) is 16.8. The third-order valence-corrected chi connectivity index (χ3v) is 5.41. The number of hydrogen-bond donors (Lipinski definition) is 2. The Morgan fingerprint density at radius 3 is 2.68 bits per heavy atom. The summed E-state index contributed by atoms with van der Waals surface area (Å²) >= 11 is 12.4. The summed E-state index contributed by atoms with van der Waals surface area (Å²) in [5.74, 6) is -1.13. The van der Waals surface area contributed by atoms with Gasteiger partial charge >= 0.3 is 0 Å². The quantitative estimate of drug-likeness (QED) is 0.496. The average Bonchev–Trinajstić information content (AvgIpc) is 3.08. The fraction of sp³-hybridized carbons (Fsp3) is 0.273. The molecule has 0 bridgehead atoms. The summed E-state index contributed by atoms with van der Waals surface area (Å²) in [5, 5.41) is 17.1. The number of ether oxygens (including phenoxy) is 2. The molecule has 2 heterocycles. The number of pyridine rings is 1. The first-order valence-corrected chi connectivity index (χ1v) is 10.3. The van der Waals surface area contributed by atoms with Gasteiger partial charge in [-0.05, 0) is 44.2 Å². The predicted molar refractivity (Wildman–Crippen MR) is 120 cm³/mol. The lowest BCUT2D eigenvalue weighted by molar-refractivity contribution is -0.136. The summed E-state index contributed by atoms with van der Waals surface area (Å²) in [4.78, 5) is 4.33. The van der Waals surface area contributed by atoms with Crippen LogP contribution in [0.1, 0.15) is 19.4 Å². The molecule has 1 atom stereocenters. The molecule has 1 fully saturated rings. The second-order valence-electron chi connectivity index (χ2n) is 7.60. The SMILES string of the molecule is CC1(C)OC[C@H](CNc2cc(Cl)c3ncc(C#N)c(Nc4ccc(F)c(Cl)c4)c3c2)O1. The summed E-state index contributed by atoms with van der Waals surface area (Å²) in [6, 6.07) is 9.99. The Labute approximate surface area is 188 Å². The van der Waals surface area contributed by atoms with Gasteiger partial charge in [0.25, 0.3) is 0 Å². The van der Waals surface area contributed by atoms with Crippen molar-refractivity contribution in [3.8, 4) is 6.07 Å². The van der Waals surface area contributed by atoms with E-state index in [1.165, 1.54) is 24.4 Å². The van der Waals surface area contributed by atoms with E-state index in [0.29, 0.717) is 46.0 Å². The minimum Gasteiger partial charge on any atom is -0.382 e. The highest BCUT2D eigenvalue weighted by Crippen LogP contribution is 2.35. The molecule has 9 heteroatoms. The monoisotopic (exact) mass is 460 g/mol. The molecule has 0 spiro atoms. The zero-order valence-corrected chi connectivity index (χ0v) is 18.3. The summed E-state index contributed by atoms with van der Waals surface area (Å²) < 4.78 is 24.9. The average molecular weight is 461 g/mol. The predicted octanol–water partition coefficient (Wildman–Crippen LogP) is 5.86. The second kappa shape index (κ2) is 8.48. The van der Waals surface area contributed by atoms with Gasteiger partial charge in [0, 0.05) is 29.5 Å². The molecule has 2 N–H and O–H groups in total. The number of nitrogens with one attached hydrogen (secondary N) is 2. The van der Waals surface area contributed by atoms with Crippen molar-refractivity contribution in [3.05, 3.63) is 58.0 Å². The Balaban J connectivity index is 1.68. The minimum absolute atomic E-state index is 0.0241. The number of nitriles is 1. The van der Waals surface area contributed by atoms with Crippen LogP contribution < -0.4 is 10.6 Å². The normalized spacial score (nSPS) is 17.5. The molecule has 3 aromatic rings. The van der Waals surface area contributed by atoms with Gasteiger partial charge in [0.05, 0.1) is 33.4 Å². The van der Waals surface area contributed by atoms with Crippen LogP contribution in [0.5, 0.6) is 0 Å². The smallest absolute Gasteiger partial charge is 0.163 e. The summed E-state index contributed by atoms with van der Waals surface area (Å²) in [5.41, 5.74) is 2.62. The third kappa shape index (κ3) is 4.68. The second-order valence-corrected chi connectivity index (χ2v) is 8.41. The van der Waals surface area contributed by atoms with Gasteiger partial charge in [-0.2, -0.15) is 5.26 Å². The number of nitrogens with zero attached hydrogens (tertiary/aromatic N) is 2. The van der Waals surface area contributed by atoms with Crippen molar-refractivity contribution in [2.75, 3.05) is 23.8 Å². The van der Waals surface area contributed by atoms with Gasteiger partial charge in [-0.1, -0.05) is 23.2 Å². The van der Waals surface area contributed by atoms with Crippen molar-refractivity contribution in [2.24, 2.45) is 0 Å². The van der Waals surface area contributed by atoms with Gasteiger partial charge < -0.3 is 20.1 Å². The van der Waals surface area contributed by atoms with Gasteiger partial charge in [0.1, 0.15) is 18.0 Å². The van der Waals surface area contributed by atoms with Crippen molar-refractivity contribution in [1.82, 2.24) is 4.98 Å². The van der Waals surface area contributed by atoms with Crippen LogP contribution >= 0.6 is 23.2 Å². The molecular formula is C22H19Cl2FN4O2. The lowest BCUT2D eigenvalue weighted by Gasteiger charge is -2.18. The molecule has 6 nitrogen and oxygen atoms in total. The summed E-state index contributed by atoms with van der Waals surface area (Å²) in [6.45, 7) is 4.75. The van der Waals surface area contributed by atoms with Gasteiger partial charge in [-0.3, -0.25) is 4.98 Å². The number of rotatable bonds is 5. The van der Waals surface area contributed by atoms with E-state index in [4.69, 9.17) is 32.7 Å². The molecule has 160 valence electrons. The van der Waals surface area contributed by atoms with Crippen LogP contribution in [0.3, 0.4) is 0 Å². The Bertz CT molecular complexity index is 1200. The van der Waals surface area contributed by atoms with E-state index in [-0.39, 0.29) is 11.1 Å². The van der Waals surface area contributed by atoms with E-state index >= 15 is 0 Å². The minimum atomic E-state index is -0.605. The summed E-state index contributed by atoms with van der Waals surface area (Å²) in [7, 11) is 0. The highest BCUT2D eigenvalue weighted by Gasteiger charge is 2.32. The first kappa shape index (κ1) is 21.6. The number of fused-ring (bicyclic) bond motifs is 1. The summed E-state index contributed by atoms with van der Waals surface area (Å²) in [6.07, 6.45) is 1.34. The Kier molecular flexibility index (Phi) is 5.91. The molecule has 1 saturated heterocycles. The number of halogens is 3. The van der Waals surface area contributed by atoms with Crippen molar-refractivity contribution in [2.45, 2.75) is 25.7 Å². The molecule has 1 aliphatic heterocycles. The fourth-order valence-electron chi connectivity index (χ4n) is 3.39. The molecule has 2 aromatic carbocycles. The van der Waals surface area contributed by atoms with Gasteiger partial charge in [-0.25, -0.2) is 4.39 Å². The van der Waals surface area contributed by atoms with Crippen molar-refractivity contribution in [3.63, 3.8) is 0 Å². The van der Waals surface area contributed by atoms with Crippen LogP contribution in [0.15, 0.2) is 36.5 Å². The van der Waals surface area contributed by atoms with Gasteiger partial charge in [-0.15, -0.1) is 0 Å². The molecule has 1 aliphatic rings. The molecule has 0 aliphatic carbocycles. The maximum absolute atomic E-state index is 13.5. The Hall–Kier alpha value is -2.63. The fourth-order valence-corrected chi connectivity index (χ4v) is 3.84. The lowest BCUT2D eigenvalue weighted by atomic mass is 10.1. The Morgan fingerprint density at radius 2 is 2.00 bits per heavy atom. The van der Waals surface area contributed by atoms with Crippen LogP contribution in [-0.4, -0.2) is 30.0 Å². The van der Waals surface area contributed by atoms with Crippen molar-refractivity contribution >= 4 is 51.2 Å². The molecule has 4 rings (SSSR count). The van der Waals surface area contributed by atoms with E-state index in [9.17, 15) is 9.65 Å². The van der Waals surface area contributed by atoms with E-state index < -0.39 is 11.6 Å².